The van der Waals surface area contributed by atoms with Gasteiger partial charge in [0.15, 0.2) is 0 Å². The number of halogens is 1. The molecule has 0 N–H and O–H groups in total. The number of hydrogen-bond acceptors (Lipinski definition) is 4. The Kier molecular flexibility index (Phi) is 3.23. The van der Waals surface area contributed by atoms with E-state index >= 15 is 0 Å². The van der Waals surface area contributed by atoms with Gasteiger partial charge in [-0.15, -0.1) is 0 Å². The quantitative estimate of drug-likeness (QED) is 0.785. The number of carbonyl (C=O) groups excluding carboxylic acids is 1. The van der Waals surface area contributed by atoms with Crippen LogP contribution < -0.4 is 5.56 Å². The van der Waals surface area contributed by atoms with Gasteiger partial charge < -0.3 is 4.74 Å². The fourth-order valence-corrected chi connectivity index (χ4v) is 1.81. The summed E-state index contributed by atoms with van der Waals surface area (Å²) in [6, 6.07) is 5.22. The Morgan fingerprint density at radius 3 is 3.00 bits per heavy atom. The third-order valence-corrected chi connectivity index (χ3v) is 2.81. The summed E-state index contributed by atoms with van der Waals surface area (Å²) in [6.07, 6.45) is 1.34. The highest BCUT2D eigenvalue weighted by atomic mass is 79.9. The molecule has 1 heterocycles. The Bertz CT molecular complexity index is 636. The number of nitrogens with zero attached hydrogens (tertiary/aromatic N) is 2. The van der Waals surface area contributed by atoms with Gasteiger partial charge in [0.05, 0.1) is 24.3 Å². The van der Waals surface area contributed by atoms with Crippen molar-refractivity contribution in [1.29, 1.82) is 0 Å². The molecule has 0 aliphatic rings. The van der Waals surface area contributed by atoms with Gasteiger partial charge in [-0.1, -0.05) is 15.9 Å². The monoisotopic (exact) mass is 296 g/mol. The van der Waals surface area contributed by atoms with E-state index in [1.807, 2.05) is 0 Å². The smallest absolute Gasteiger partial charge is 0.325 e. The topological polar surface area (TPSA) is 61.2 Å². The average Bonchev–Trinajstić information content (AvgIpc) is 2.33. The molecule has 17 heavy (non-hydrogen) atoms. The van der Waals surface area contributed by atoms with Gasteiger partial charge in [-0.3, -0.25) is 14.2 Å². The molecule has 2 aromatic rings. The van der Waals surface area contributed by atoms with Crippen LogP contribution in [-0.2, 0) is 16.1 Å². The first-order valence-corrected chi connectivity index (χ1v) is 5.62. The zero-order valence-electron chi connectivity index (χ0n) is 9.01. The van der Waals surface area contributed by atoms with Crippen LogP contribution in [0.15, 0.2) is 33.8 Å². The van der Waals surface area contributed by atoms with E-state index in [2.05, 4.69) is 25.7 Å². The lowest BCUT2D eigenvalue weighted by Crippen LogP contribution is -2.25. The van der Waals surface area contributed by atoms with Gasteiger partial charge in [-0.2, -0.15) is 0 Å². The number of aromatic nitrogens is 2. The lowest BCUT2D eigenvalue weighted by atomic mass is 10.2. The van der Waals surface area contributed by atoms with Gasteiger partial charge in [-0.05, 0) is 18.2 Å². The first-order chi connectivity index (χ1) is 8.11. The van der Waals surface area contributed by atoms with Crippen LogP contribution in [0.1, 0.15) is 0 Å². The molecule has 0 spiro atoms. The largest absolute Gasteiger partial charge is 0.468 e. The van der Waals surface area contributed by atoms with Crippen LogP contribution >= 0.6 is 15.9 Å². The first-order valence-electron chi connectivity index (χ1n) is 4.83. The fraction of sp³-hybridized carbons (Fsp3) is 0.182. The van der Waals surface area contributed by atoms with E-state index in [0.717, 1.165) is 4.47 Å². The molecular formula is C11H9BrN2O3. The summed E-state index contributed by atoms with van der Waals surface area (Å²) in [6.45, 7) is -0.134. The number of hydrogen-bond donors (Lipinski definition) is 0. The maximum Gasteiger partial charge on any atom is 0.325 e. The van der Waals surface area contributed by atoms with E-state index < -0.39 is 5.97 Å². The summed E-state index contributed by atoms with van der Waals surface area (Å²) >= 11 is 3.29. The zero-order chi connectivity index (χ0) is 12.4. The van der Waals surface area contributed by atoms with Gasteiger partial charge in [0.1, 0.15) is 6.54 Å². The second-order valence-electron chi connectivity index (χ2n) is 3.42. The number of methoxy groups -OCH3 is 1. The molecular weight excluding hydrogens is 288 g/mol. The molecule has 5 nitrogen and oxygen atoms in total. The number of ether oxygens (including phenoxy) is 1. The molecule has 0 amide bonds. The molecule has 0 saturated heterocycles. The predicted molar refractivity (Wildman–Crippen MR) is 65.7 cm³/mol. The third-order valence-electron chi connectivity index (χ3n) is 2.31. The van der Waals surface area contributed by atoms with E-state index in [-0.39, 0.29) is 12.1 Å². The Balaban J connectivity index is 2.57. The second kappa shape index (κ2) is 4.67. The van der Waals surface area contributed by atoms with Crippen molar-refractivity contribution >= 4 is 32.8 Å². The molecule has 0 aliphatic heterocycles. The Labute approximate surface area is 105 Å². The van der Waals surface area contributed by atoms with E-state index in [4.69, 9.17) is 0 Å². The highest BCUT2D eigenvalue weighted by Gasteiger charge is 2.08. The maximum atomic E-state index is 12.0. The number of esters is 1. The number of fused-ring (bicyclic) bond motifs is 1. The SMILES string of the molecule is COC(=O)Cn1cnc2ccc(Br)cc2c1=O. The molecule has 0 bridgehead atoms. The summed E-state index contributed by atoms with van der Waals surface area (Å²) in [4.78, 5) is 27.2. The van der Waals surface area contributed by atoms with Crippen LogP contribution in [0.25, 0.3) is 10.9 Å². The summed E-state index contributed by atoms with van der Waals surface area (Å²) < 4.78 is 6.52. The Hall–Kier alpha value is -1.69. The third kappa shape index (κ3) is 2.36. The van der Waals surface area contributed by atoms with Crippen molar-refractivity contribution in [3.63, 3.8) is 0 Å². The maximum absolute atomic E-state index is 12.0. The van der Waals surface area contributed by atoms with Crippen molar-refractivity contribution in [2.24, 2.45) is 0 Å². The number of carbonyl (C=O) groups is 1. The molecule has 0 atom stereocenters. The molecule has 0 radical (unpaired) electrons. The number of benzene rings is 1. The summed E-state index contributed by atoms with van der Waals surface area (Å²) in [7, 11) is 1.28. The van der Waals surface area contributed by atoms with E-state index in [1.165, 1.54) is 18.0 Å². The van der Waals surface area contributed by atoms with Crippen molar-refractivity contribution in [2.75, 3.05) is 7.11 Å². The van der Waals surface area contributed by atoms with Gasteiger partial charge in [0, 0.05) is 4.47 Å². The van der Waals surface area contributed by atoms with Gasteiger partial charge in [0.2, 0.25) is 0 Å². The minimum Gasteiger partial charge on any atom is -0.468 e. The molecule has 0 aliphatic carbocycles. The Morgan fingerprint density at radius 2 is 2.29 bits per heavy atom. The molecule has 0 fully saturated rings. The molecule has 1 aromatic heterocycles. The van der Waals surface area contributed by atoms with Crippen molar-refractivity contribution in [2.45, 2.75) is 6.54 Å². The van der Waals surface area contributed by atoms with E-state index in [1.54, 1.807) is 18.2 Å². The molecule has 6 heteroatoms. The van der Waals surface area contributed by atoms with Crippen molar-refractivity contribution in [3.8, 4) is 0 Å². The second-order valence-corrected chi connectivity index (χ2v) is 4.33. The highest BCUT2D eigenvalue weighted by molar-refractivity contribution is 9.10. The van der Waals surface area contributed by atoms with Gasteiger partial charge >= 0.3 is 5.97 Å². The van der Waals surface area contributed by atoms with Crippen molar-refractivity contribution < 1.29 is 9.53 Å². The van der Waals surface area contributed by atoms with E-state index in [9.17, 15) is 9.59 Å². The van der Waals surface area contributed by atoms with Crippen LogP contribution in [0.2, 0.25) is 0 Å². The van der Waals surface area contributed by atoms with Crippen LogP contribution in [-0.4, -0.2) is 22.6 Å². The first kappa shape index (κ1) is 11.8. The van der Waals surface area contributed by atoms with Gasteiger partial charge in [-0.25, -0.2) is 4.98 Å². The molecule has 0 saturated carbocycles. The van der Waals surface area contributed by atoms with Crippen molar-refractivity contribution in [1.82, 2.24) is 9.55 Å². The highest BCUT2D eigenvalue weighted by Crippen LogP contribution is 2.14. The van der Waals surface area contributed by atoms with Crippen LogP contribution in [0.5, 0.6) is 0 Å². The van der Waals surface area contributed by atoms with Crippen LogP contribution in [0.3, 0.4) is 0 Å². The molecule has 2 rings (SSSR count). The van der Waals surface area contributed by atoms with Crippen LogP contribution in [0, 0.1) is 0 Å². The van der Waals surface area contributed by atoms with Crippen LogP contribution in [0.4, 0.5) is 0 Å². The van der Waals surface area contributed by atoms with Gasteiger partial charge in [0.25, 0.3) is 5.56 Å². The lowest BCUT2D eigenvalue weighted by Gasteiger charge is -2.05. The number of rotatable bonds is 2. The van der Waals surface area contributed by atoms with Crippen molar-refractivity contribution in [3.05, 3.63) is 39.4 Å². The standard InChI is InChI=1S/C11H9BrN2O3/c1-17-10(15)5-14-6-13-9-3-2-7(12)4-8(9)11(14)16/h2-4,6H,5H2,1H3. The lowest BCUT2D eigenvalue weighted by molar-refractivity contribution is -0.141. The fourth-order valence-electron chi connectivity index (χ4n) is 1.45. The summed E-state index contributed by atoms with van der Waals surface area (Å²) in [5.41, 5.74) is 0.334. The predicted octanol–water partition coefficient (Wildman–Crippen LogP) is 1.33. The average molecular weight is 297 g/mol. The Morgan fingerprint density at radius 1 is 1.53 bits per heavy atom. The van der Waals surface area contributed by atoms with E-state index in [0.29, 0.717) is 10.9 Å². The summed E-state index contributed by atoms with van der Waals surface area (Å²) in [5.74, 6) is -0.483. The normalized spacial score (nSPS) is 10.5. The minimum absolute atomic E-state index is 0.134. The molecule has 1 aromatic carbocycles. The molecule has 88 valence electrons. The minimum atomic E-state index is -0.483. The summed E-state index contributed by atoms with van der Waals surface area (Å²) in [5, 5.41) is 0.464. The zero-order valence-corrected chi connectivity index (χ0v) is 10.6. The molecule has 0 unspecified atom stereocenters.